The van der Waals surface area contributed by atoms with Crippen molar-refractivity contribution in [3.05, 3.63) is 50.9 Å². The highest BCUT2D eigenvalue weighted by Gasteiger charge is 2.13. The van der Waals surface area contributed by atoms with Gasteiger partial charge in [-0.25, -0.2) is 4.98 Å². The maximum atomic E-state index is 12.1. The number of carbonyl (C=O) groups excluding carboxylic acids is 1. The second-order valence-electron chi connectivity index (χ2n) is 6.03. The van der Waals surface area contributed by atoms with Gasteiger partial charge in [0.15, 0.2) is 0 Å². The maximum Gasteiger partial charge on any atom is 0.226 e. The predicted octanol–water partition coefficient (Wildman–Crippen LogP) is 2.53. The molecule has 1 aromatic heterocycles. The Kier molecular flexibility index (Phi) is 6.81. The van der Waals surface area contributed by atoms with Crippen LogP contribution >= 0.6 is 22.9 Å². The number of nitrogens with one attached hydrogen (secondary N) is 1. The van der Waals surface area contributed by atoms with E-state index in [0.29, 0.717) is 13.0 Å². The fourth-order valence-corrected chi connectivity index (χ4v) is 3.77. The van der Waals surface area contributed by atoms with E-state index in [4.69, 9.17) is 16.3 Å². The van der Waals surface area contributed by atoms with Crippen LogP contribution in [0.15, 0.2) is 29.6 Å². The zero-order valence-corrected chi connectivity index (χ0v) is 15.6. The summed E-state index contributed by atoms with van der Waals surface area (Å²) in [5.41, 5.74) is 1.96. The SMILES string of the molecule is O=C(Cc1csc(CN2CCOCC2)n1)NCCc1cccc(Cl)c1. The van der Waals surface area contributed by atoms with E-state index in [-0.39, 0.29) is 5.91 Å². The molecule has 25 heavy (non-hydrogen) atoms. The van der Waals surface area contributed by atoms with Gasteiger partial charge in [0.1, 0.15) is 5.01 Å². The van der Waals surface area contributed by atoms with Crippen molar-refractivity contribution < 1.29 is 9.53 Å². The normalized spacial score (nSPS) is 15.2. The predicted molar refractivity (Wildman–Crippen MR) is 100 cm³/mol. The molecule has 5 nitrogen and oxygen atoms in total. The summed E-state index contributed by atoms with van der Waals surface area (Å²) in [7, 11) is 0. The number of nitrogens with zero attached hydrogens (tertiary/aromatic N) is 2. The molecule has 0 atom stereocenters. The highest BCUT2D eigenvalue weighted by Crippen LogP contribution is 2.14. The monoisotopic (exact) mass is 379 g/mol. The van der Waals surface area contributed by atoms with Gasteiger partial charge in [-0.05, 0) is 24.1 Å². The minimum Gasteiger partial charge on any atom is -0.379 e. The van der Waals surface area contributed by atoms with Crippen LogP contribution in [-0.4, -0.2) is 48.6 Å². The number of amides is 1. The van der Waals surface area contributed by atoms with Gasteiger partial charge in [-0.1, -0.05) is 23.7 Å². The van der Waals surface area contributed by atoms with Crippen molar-refractivity contribution in [2.75, 3.05) is 32.8 Å². The van der Waals surface area contributed by atoms with Crippen molar-refractivity contribution in [1.82, 2.24) is 15.2 Å². The smallest absolute Gasteiger partial charge is 0.226 e. The molecule has 1 fully saturated rings. The Labute approximate surface area is 157 Å². The van der Waals surface area contributed by atoms with Gasteiger partial charge in [-0.3, -0.25) is 9.69 Å². The number of hydrogen-bond acceptors (Lipinski definition) is 5. The summed E-state index contributed by atoms with van der Waals surface area (Å²) in [6.45, 7) is 4.90. The minimum atomic E-state index is 0.00486. The molecule has 1 aliphatic heterocycles. The van der Waals surface area contributed by atoms with Crippen LogP contribution in [0.3, 0.4) is 0 Å². The van der Waals surface area contributed by atoms with Gasteiger partial charge in [0.2, 0.25) is 5.91 Å². The molecule has 7 heteroatoms. The lowest BCUT2D eigenvalue weighted by molar-refractivity contribution is -0.120. The summed E-state index contributed by atoms with van der Waals surface area (Å²) in [6, 6.07) is 7.70. The Bertz CT molecular complexity index is 701. The van der Waals surface area contributed by atoms with Crippen molar-refractivity contribution in [3.8, 4) is 0 Å². The summed E-state index contributed by atoms with van der Waals surface area (Å²) in [5.74, 6) is 0.00486. The van der Waals surface area contributed by atoms with Crippen molar-refractivity contribution in [1.29, 1.82) is 0 Å². The van der Waals surface area contributed by atoms with Crippen LogP contribution in [0.2, 0.25) is 5.02 Å². The Hall–Kier alpha value is -1.47. The molecule has 0 unspecified atom stereocenters. The number of aromatic nitrogens is 1. The first-order valence-corrected chi connectivity index (χ1v) is 9.69. The molecular formula is C18H22ClN3O2S. The van der Waals surface area contributed by atoms with E-state index in [1.165, 1.54) is 0 Å². The van der Waals surface area contributed by atoms with Crippen molar-refractivity contribution in [3.63, 3.8) is 0 Å². The van der Waals surface area contributed by atoms with E-state index >= 15 is 0 Å². The highest BCUT2D eigenvalue weighted by atomic mass is 35.5. The second-order valence-corrected chi connectivity index (χ2v) is 7.41. The van der Waals surface area contributed by atoms with E-state index in [2.05, 4.69) is 15.2 Å². The number of carbonyl (C=O) groups is 1. The summed E-state index contributed by atoms with van der Waals surface area (Å²) in [4.78, 5) is 19.0. The minimum absolute atomic E-state index is 0.00486. The van der Waals surface area contributed by atoms with Gasteiger partial charge < -0.3 is 10.1 Å². The third-order valence-electron chi connectivity index (χ3n) is 4.03. The van der Waals surface area contributed by atoms with Crippen LogP contribution in [0.1, 0.15) is 16.3 Å². The average molecular weight is 380 g/mol. The fraction of sp³-hybridized carbons (Fsp3) is 0.444. The Balaban J connectivity index is 1.40. The second kappa shape index (κ2) is 9.29. The average Bonchev–Trinajstić information content (AvgIpc) is 3.02. The molecule has 0 aliphatic carbocycles. The van der Waals surface area contributed by atoms with Gasteiger partial charge in [0.25, 0.3) is 0 Å². The van der Waals surface area contributed by atoms with E-state index in [0.717, 1.165) is 60.6 Å². The molecule has 0 bridgehead atoms. The zero-order chi connectivity index (χ0) is 17.5. The molecule has 1 amide bonds. The molecule has 2 aromatic rings. The lowest BCUT2D eigenvalue weighted by atomic mass is 10.1. The molecule has 2 heterocycles. The van der Waals surface area contributed by atoms with Gasteiger partial charge in [0.05, 0.1) is 31.9 Å². The van der Waals surface area contributed by atoms with Crippen LogP contribution in [0.4, 0.5) is 0 Å². The van der Waals surface area contributed by atoms with Crippen LogP contribution in [0, 0.1) is 0 Å². The number of rotatable bonds is 7. The lowest BCUT2D eigenvalue weighted by Crippen LogP contribution is -2.35. The van der Waals surface area contributed by atoms with Gasteiger partial charge in [-0.2, -0.15) is 0 Å². The summed E-state index contributed by atoms with van der Waals surface area (Å²) >= 11 is 7.58. The van der Waals surface area contributed by atoms with Gasteiger partial charge in [0, 0.05) is 30.0 Å². The summed E-state index contributed by atoms with van der Waals surface area (Å²) in [6.07, 6.45) is 1.10. The third-order valence-corrected chi connectivity index (χ3v) is 5.15. The molecule has 0 radical (unpaired) electrons. The Morgan fingerprint density at radius 2 is 2.20 bits per heavy atom. The maximum absolute atomic E-state index is 12.1. The van der Waals surface area contributed by atoms with Gasteiger partial charge >= 0.3 is 0 Å². The quantitative estimate of drug-likeness (QED) is 0.803. The van der Waals surface area contributed by atoms with E-state index in [1.54, 1.807) is 11.3 Å². The standard InChI is InChI=1S/C18H22ClN3O2S/c19-15-3-1-2-14(10-15)4-5-20-17(23)11-16-13-25-18(21-16)12-22-6-8-24-9-7-22/h1-3,10,13H,4-9,11-12H2,(H,20,23). The van der Waals surface area contributed by atoms with Crippen LogP contribution < -0.4 is 5.32 Å². The Morgan fingerprint density at radius 3 is 3.00 bits per heavy atom. The lowest BCUT2D eigenvalue weighted by Gasteiger charge is -2.25. The molecule has 1 aromatic carbocycles. The number of halogens is 1. The molecular weight excluding hydrogens is 358 g/mol. The first-order valence-electron chi connectivity index (χ1n) is 8.43. The topological polar surface area (TPSA) is 54.5 Å². The first-order chi connectivity index (χ1) is 12.2. The first kappa shape index (κ1) is 18.3. The number of thiazole rings is 1. The molecule has 0 saturated carbocycles. The van der Waals surface area contributed by atoms with E-state index in [1.807, 2.05) is 29.6 Å². The van der Waals surface area contributed by atoms with E-state index in [9.17, 15) is 4.79 Å². The van der Waals surface area contributed by atoms with Crippen LogP contribution in [0.5, 0.6) is 0 Å². The summed E-state index contributed by atoms with van der Waals surface area (Å²) in [5, 5.41) is 6.70. The van der Waals surface area contributed by atoms with E-state index < -0.39 is 0 Å². The number of benzene rings is 1. The molecule has 0 spiro atoms. The molecule has 1 aliphatic rings. The fourth-order valence-electron chi connectivity index (χ4n) is 2.72. The zero-order valence-electron chi connectivity index (χ0n) is 14.0. The van der Waals surface area contributed by atoms with Crippen LogP contribution in [-0.2, 0) is 28.9 Å². The van der Waals surface area contributed by atoms with Crippen molar-refractivity contribution in [2.24, 2.45) is 0 Å². The van der Waals surface area contributed by atoms with Crippen molar-refractivity contribution >= 4 is 28.8 Å². The molecule has 1 saturated heterocycles. The van der Waals surface area contributed by atoms with Gasteiger partial charge in [-0.15, -0.1) is 11.3 Å². The van der Waals surface area contributed by atoms with Crippen LogP contribution in [0.25, 0.3) is 0 Å². The highest BCUT2D eigenvalue weighted by molar-refractivity contribution is 7.09. The number of ether oxygens (including phenoxy) is 1. The molecule has 3 rings (SSSR count). The molecule has 1 N–H and O–H groups in total. The number of hydrogen-bond donors (Lipinski definition) is 1. The largest absolute Gasteiger partial charge is 0.379 e. The third kappa shape index (κ3) is 6.08. The van der Waals surface area contributed by atoms with Crippen molar-refractivity contribution in [2.45, 2.75) is 19.4 Å². The molecule has 134 valence electrons. The summed E-state index contributed by atoms with van der Waals surface area (Å²) < 4.78 is 5.35. The Morgan fingerprint density at radius 1 is 1.36 bits per heavy atom. The number of morpholine rings is 1.